The lowest BCUT2D eigenvalue weighted by Gasteiger charge is -2.03. The zero-order chi connectivity index (χ0) is 14.2. The van der Waals surface area contributed by atoms with Gasteiger partial charge in [-0.2, -0.15) is 13.2 Å². The Kier molecular flexibility index (Phi) is 3.36. The number of benzene rings is 1. The summed E-state index contributed by atoms with van der Waals surface area (Å²) >= 11 is 3.16. The molecule has 0 atom stereocenters. The first-order valence-corrected chi connectivity index (χ1v) is 5.66. The number of carboxylic acid groups (broad SMARTS) is 1. The van der Waals surface area contributed by atoms with Crippen molar-refractivity contribution < 1.29 is 27.6 Å². The fourth-order valence-electron chi connectivity index (χ4n) is 1.49. The van der Waals surface area contributed by atoms with Crippen molar-refractivity contribution in [3.63, 3.8) is 0 Å². The number of hydrogen-bond acceptors (Lipinski definition) is 3. The summed E-state index contributed by atoms with van der Waals surface area (Å²) < 4.78 is 42.6. The van der Waals surface area contributed by atoms with Gasteiger partial charge in [-0.05, 0) is 12.1 Å². The van der Waals surface area contributed by atoms with Crippen molar-refractivity contribution in [2.24, 2.45) is 0 Å². The Balaban J connectivity index is 2.62. The quantitative estimate of drug-likeness (QED) is 0.906. The fourth-order valence-corrected chi connectivity index (χ4v) is 1.75. The summed E-state index contributed by atoms with van der Waals surface area (Å²) in [5, 5.41) is 12.1. The molecular weight excluding hydrogens is 331 g/mol. The predicted molar refractivity (Wildman–Crippen MR) is 61.6 cm³/mol. The van der Waals surface area contributed by atoms with Crippen LogP contribution in [-0.2, 0) is 6.18 Å². The third-order valence-corrected chi connectivity index (χ3v) is 2.81. The van der Waals surface area contributed by atoms with E-state index >= 15 is 0 Å². The topological polar surface area (TPSA) is 63.3 Å². The van der Waals surface area contributed by atoms with E-state index in [2.05, 4.69) is 25.6 Å². The van der Waals surface area contributed by atoms with Gasteiger partial charge in [0, 0.05) is 10.0 Å². The van der Waals surface area contributed by atoms with Crippen molar-refractivity contribution in [3.8, 4) is 11.3 Å². The SMILES string of the molecule is O=C(O)c1c(-c2ccc(Br)cc2)noc1C(F)(F)F. The number of carbonyl (C=O) groups is 1. The van der Waals surface area contributed by atoms with Crippen molar-refractivity contribution in [2.75, 3.05) is 0 Å². The van der Waals surface area contributed by atoms with Crippen molar-refractivity contribution in [3.05, 3.63) is 40.1 Å². The first-order chi connectivity index (χ1) is 8.80. The number of alkyl halides is 3. The molecule has 1 aromatic heterocycles. The molecule has 100 valence electrons. The summed E-state index contributed by atoms with van der Waals surface area (Å²) in [7, 11) is 0. The molecular formula is C11H5BrF3NO3. The van der Waals surface area contributed by atoms with Gasteiger partial charge in [-0.1, -0.05) is 33.2 Å². The van der Waals surface area contributed by atoms with Crippen LogP contribution in [-0.4, -0.2) is 16.2 Å². The van der Waals surface area contributed by atoms with Crippen LogP contribution in [0.25, 0.3) is 11.3 Å². The molecule has 0 saturated carbocycles. The molecule has 0 fully saturated rings. The molecule has 4 nitrogen and oxygen atoms in total. The summed E-state index contributed by atoms with van der Waals surface area (Å²) in [6.07, 6.45) is -4.91. The Morgan fingerprint density at radius 2 is 1.84 bits per heavy atom. The van der Waals surface area contributed by atoms with E-state index in [4.69, 9.17) is 5.11 Å². The summed E-state index contributed by atoms with van der Waals surface area (Å²) in [5.74, 6) is -3.36. The maximum Gasteiger partial charge on any atom is 0.453 e. The van der Waals surface area contributed by atoms with Crippen LogP contribution in [0.5, 0.6) is 0 Å². The maximum absolute atomic E-state index is 12.6. The smallest absolute Gasteiger partial charge is 0.453 e. The second-order valence-electron chi connectivity index (χ2n) is 3.55. The molecule has 0 aliphatic heterocycles. The number of carboxylic acids is 1. The minimum atomic E-state index is -4.91. The second-order valence-corrected chi connectivity index (χ2v) is 4.46. The van der Waals surface area contributed by atoms with Crippen LogP contribution in [0.2, 0.25) is 0 Å². The Bertz CT molecular complexity index is 619. The highest BCUT2D eigenvalue weighted by atomic mass is 79.9. The van der Waals surface area contributed by atoms with Crippen molar-refractivity contribution in [2.45, 2.75) is 6.18 Å². The molecule has 2 rings (SSSR count). The molecule has 19 heavy (non-hydrogen) atoms. The minimum absolute atomic E-state index is 0.222. The molecule has 0 aliphatic rings. The molecule has 2 aromatic rings. The predicted octanol–water partition coefficient (Wildman–Crippen LogP) is 3.82. The van der Waals surface area contributed by atoms with Gasteiger partial charge in [0.25, 0.3) is 5.76 Å². The minimum Gasteiger partial charge on any atom is -0.477 e. The highest BCUT2D eigenvalue weighted by molar-refractivity contribution is 9.10. The van der Waals surface area contributed by atoms with E-state index in [0.717, 1.165) is 0 Å². The standard InChI is InChI=1S/C11H5BrF3NO3/c12-6-3-1-5(2-4-6)8-7(10(17)18)9(19-16-8)11(13,14)15/h1-4H,(H,17,18). The van der Waals surface area contributed by atoms with Gasteiger partial charge in [-0.3, -0.25) is 0 Å². The second kappa shape index (κ2) is 4.69. The molecule has 1 aromatic carbocycles. The lowest BCUT2D eigenvalue weighted by atomic mass is 10.1. The van der Waals surface area contributed by atoms with Crippen LogP contribution in [0.4, 0.5) is 13.2 Å². The molecule has 0 amide bonds. The summed E-state index contributed by atoms with van der Waals surface area (Å²) in [6.45, 7) is 0. The summed E-state index contributed by atoms with van der Waals surface area (Å²) in [5.41, 5.74) is -1.12. The lowest BCUT2D eigenvalue weighted by molar-refractivity contribution is -0.156. The van der Waals surface area contributed by atoms with Crippen molar-refractivity contribution in [1.82, 2.24) is 5.16 Å². The summed E-state index contributed by atoms with van der Waals surface area (Å²) in [6, 6.07) is 5.99. The van der Waals surface area contributed by atoms with Crippen LogP contribution >= 0.6 is 15.9 Å². The third-order valence-electron chi connectivity index (χ3n) is 2.28. The van der Waals surface area contributed by atoms with Gasteiger partial charge in [-0.25, -0.2) is 4.79 Å². The largest absolute Gasteiger partial charge is 0.477 e. The molecule has 1 heterocycles. The van der Waals surface area contributed by atoms with Gasteiger partial charge in [0.05, 0.1) is 0 Å². The van der Waals surface area contributed by atoms with Crippen LogP contribution in [0.3, 0.4) is 0 Å². The fraction of sp³-hybridized carbons (Fsp3) is 0.0909. The number of aromatic carboxylic acids is 1. The van der Waals surface area contributed by atoms with Crippen LogP contribution in [0.15, 0.2) is 33.3 Å². The average molecular weight is 336 g/mol. The Morgan fingerprint density at radius 1 is 1.26 bits per heavy atom. The Labute approximate surface area is 113 Å². The van der Waals surface area contributed by atoms with E-state index in [0.29, 0.717) is 4.47 Å². The zero-order valence-corrected chi connectivity index (χ0v) is 10.6. The maximum atomic E-state index is 12.6. The van der Waals surface area contributed by atoms with E-state index < -0.39 is 23.5 Å². The third kappa shape index (κ3) is 2.62. The molecule has 0 saturated heterocycles. The molecule has 0 radical (unpaired) electrons. The Morgan fingerprint density at radius 3 is 2.32 bits per heavy atom. The molecule has 1 N–H and O–H groups in total. The van der Waals surface area contributed by atoms with E-state index in [1.165, 1.54) is 12.1 Å². The molecule has 0 unspecified atom stereocenters. The van der Waals surface area contributed by atoms with E-state index in [1.807, 2.05) is 0 Å². The number of nitrogens with zero attached hydrogens (tertiary/aromatic N) is 1. The van der Waals surface area contributed by atoms with Gasteiger partial charge >= 0.3 is 12.1 Å². The van der Waals surface area contributed by atoms with E-state index in [1.54, 1.807) is 12.1 Å². The monoisotopic (exact) mass is 335 g/mol. The Hall–Kier alpha value is -1.83. The van der Waals surface area contributed by atoms with Crippen molar-refractivity contribution >= 4 is 21.9 Å². The van der Waals surface area contributed by atoms with Gasteiger partial charge < -0.3 is 9.63 Å². The normalized spacial score (nSPS) is 11.6. The molecule has 0 bridgehead atoms. The first kappa shape index (κ1) is 13.6. The summed E-state index contributed by atoms with van der Waals surface area (Å²) in [4.78, 5) is 11.0. The highest BCUT2D eigenvalue weighted by Gasteiger charge is 2.43. The highest BCUT2D eigenvalue weighted by Crippen LogP contribution is 2.36. The molecule has 0 aliphatic carbocycles. The number of aromatic nitrogens is 1. The van der Waals surface area contributed by atoms with Crippen LogP contribution in [0.1, 0.15) is 16.1 Å². The van der Waals surface area contributed by atoms with E-state index in [9.17, 15) is 18.0 Å². The van der Waals surface area contributed by atoms with E-state index in [-0.39, 0.29) is 11.3 Å². The number of rotatable bonds is 2. The van der Waals surface area contributed by atoms with Gasteiger partial charge in [-0.15, -0.1) is 0 Å². The number of hydrogen-bond donors (Lipinski definition) is 1. The van der Waals surface area contributed by atoms with Gasteiger partial charge in [0.2, 0.25) is 0 Å². The van der Waals surface area contributed by atoms with Crippen LogP contribution in [0, 0.1) is 0 Å². The molecule has 8 heteroatoms. The first-order valence-electron chi connectivity index (χ1n) is 4.87. The van der Waals surface area contributed by atoms with Gasteiger partial charge in [0.15, 0.2) is 0 Å². The van der Waals surface area contributed by atoms with Crippen molar-refractivity contribution in [1.29, 1.82) is 0 Å². The van der Waals surface area contributed by atoms with Crippen LogP contribution < -0.4 is 0 Å². The zero-order valence-electron chi connectivity index (χ0n) is 9.03. The average Bonchev–Trinajstić information content (AvgIpc) is 2.74. The van der Waals surface area contributed by atoms with Gasteiger partial charge in [0.1, 0.15) is 11.3 Å². The molecule has 0 spiro atoms. The lowest BCUT2D eigenvalue weighted by Crippen LogP contribution is -2.10. The number of halogens is 4.